The number of nitrogens with zero attached hydrogens (tertiary/aromatic N) is 3. The second-order valence-corrected chi connectivity index (χ2v) is 8.80. The molecule has 6 heteroatoms. The third-order valence-corrected chi connectivity index (χ3v) is 7.22. The van der Waals surface area contributed by atoms with Crippen LogP contribution in [0.1, 0.15) is 49.9 Å². The maximum atomic E-state index is 13.2. The van der Waals surface area contributed by atoms with E-state index in [4.69, 9.17) is 28.2 Å². The Morgan fingerprint density at radius 2 is 1.70 bits per heavy atom. The van der Waals surface area contributed by atoms with Crippen LogP contribution in [0.2, 0.25) is 10.0 Å². The fourth-order valence-electron chi connectivity index (χ4n) is 4.77. The van der Waals surface area contributed by atoms with E-state index in [1.54, 1.807) is 22.8 Å². The summed E-state index contributed by atoms with van der Waals surface area (Å²) >= 11 is 12.5. The van der Waals surface area contributed by atoms with Crippen molar-refractivity contribution in [2.75, 3.05) is 18.0 Å². The van der Waals surface area contributed by atoms with Gasteiger partial charge in [0.1, 0.15) is 11.6 Å². The van der Waals surface area contributed by atoms with Gasteiger partial charge < -0.3 is 4.90 Å². The van der Waals surface area contributed by atoms with Gasteiger partial charge in [0.25, 0.3) is 5.56 Å². The molecule has 0 amide bonds. The molecule has 0 bridgehead atoms. The minimum atomic E-state index is -0.0807. The molecular formula is C21H25Cl2N3O. The van der Waals surface area contributed by atoms with E-state index in [1.165, 1.54) is 38.5 Å². The van der Waals surface area contributed by atoms with Crippen molar-refractivity contribution >= 4 is 29.0 Å². The van der Waals surface area contributed by atoms with Gasteiger partial charge in [-0.05, 0) is 57.1 Å². The van der Waals surface area contributed by atoms with Gasteiger partial charge in [0.05, 0.1) is 21.3 Å². The zero-order valence-corrected chi connectivity index (χ0v) is 17.4. The van der Waals surface area contributed by atoms with Gasteiger partial charge in [-0.1, -0.05) is 42.1 Å². The summed E-state index contributed by atoms with van der Waals surface area (Å²) < 4.78 is 1.56. The summed E-state index contributed by atoms with van der Waals surface area (Å²) in [6.07, 6.45) is 7.87. The average Bonchev–Trinajstić information content (AvgIpc) is 3.11. The molecule has 1 aromatic carbocycles. The van der Waals surface area contributed by atoms with Crippen molar-refractivity contribution in [1.29, 1.82) is 0 Å². The van der Waals surface area contributed by atoms with Crippen molar-refractivity contribution in [2.24, 2.45) is 5.41 Å². The van der Waals surface area contributed by atoms with Gasteiger partial charge in [0.15, 0.2) is 0 Å². The van der Waals surface area contributed by atoms with Crippen LogP contribution in [0, 0.1) is 19.3 Å². The first-order chi connectivity index (χ1) is 12.9. The molecule has 1 aliphatic carbocycles. The lowest BCUT2D eigenvalue weighted by molar-refractivity contribution is 0.226. The lowest BCUT2D eigenvalue weighted by Gasteiger charge is -2.40. The molecule has 1 aliphatic heterocycles. The number of benzene rings is 1. The second-order valence-electron chi connectivity index (χ2n) is 8.02. The molecule has 2 heterocycles. The molecule has 27 heavy (non-hydrogen) atoms. The molecule has 0 radical (unpaired) electrons. The van der Waals surface area contributed by atoms with E-state index in [2.05, 4.69) is 4.90 Å². The van der Waals surface area contributed by atoms with Gasteiger partial charge in [0, 0.05) is 13.1 Å². The van der Waals surface area contributed by atoms with Gasteiger partial charge in [-0.25, -0.2) is 4.98 Å². The molecule has 1 saturated carbocycles. The first-order valence-electron chi connectivity index (χ1n) is 9.71. The van der Waals surface area contributed by atoms with E-state index in [1.807, 2.05) is 13.8 Å². The molecule has 0 atom stereocenters. The van der Waals surface area contributed by atoms with E-state index >= 15 is 0 Å². The van der Waals surface area contributed by atoms with Crippen LogP contribution in [0.5, 0.6) is 0 Å². The van der Waals surface area contributed by atoms with Crippen LogP contribution < -0.4 is 10.5 Å². The highest BCUT2D eigenvalue weighted by Crippen LogP contribution is 2.46. The highest BCUT2D eigenvalue weighted by atomic mass is 35.5. The molecule has 1 aromatic heterocycles. The van der Waals surface area contributed by atoms with Crippen LogP contribution >= 0.6 is 23.2 Å². The Kier molecular flexibility index (Phi) is 4.98. The van der Waals surface area contributed by atoms with Crippen molar-refractivity contribution in [2.45, 2.75) is 52.4 Å². The van der Waals surface area contributed by atoms with Crippen LogP contribution in [-0.4, -0.2) is 22.6 Å². The molecule has 2 fully saturated rings. The lowest BCUT2D eigenvalue weighted by Crippen LogP contribution is -2.41. The Labute approximate surface area is 170 Å². The summed E-state index contributed by atoms with van der Waals surface area (Å²) in [5.74, 6) is 1.45. The van der Waals surface area contributed by atoms with Crippen LogP contribution in [-0.2, 0) is 0 Å². The lowest BCUT2D eigenvalue weighted by atomic mass is 9.77. The minimum absolute atomic E-state index is 0.0807. The van der Waals surface area contributed by atoms with E-state index < -0.39 is 0 Å². The zero-order valence-electron chi connectivity index (χ0n) is 15.9. The van der Waals surface area contributed by atoms with Gasteiger partial charge in [-0.2, -0.15) is 0 Å². The second kappa shape index (κ2) is 7.14. The summed E-state index contributed by atoms with van der Waals surface area (Å²) in [6, 6.07) is 5.31. The highest BCUT2D eigenvalue weighted by molar-refractivity contribution is 6.43. The maximum absolute atomic E-state index is 13.2. The number of piperidine rings is 1. The molecule has 4 rings (SSSR count). The first kappa shape index (κ1) is 18.8. The molecule has 2 aromatic rings. The molecule has 1 saturated heterocycles. The van der Waals surface area contributed by atoms with Gasteiger partial charge in [-0.15, -0.1) is 0 Å². The number of aryl methyl sites for hydroxylation is 1. The van der Waals surface area contributed by atoms with Gasteiger partial charge in [0.2, 0.25) is 0 Å². The average molecular weight is 406 g/mol. The summed E-state index contributed by atoms with van der Waals surface area (Å²) in [5, 5.41) is 0.805. The largest absolute Gasteiger partial charge is 0.356 e. The molecule has 144 valence electrons. The fourth-order valence-corrected chi connectivity index (χ4v) is 5.15. The third kappa shape index (κ3) is 3.27. The first-order valence-corrected chi connectivity index (χ1v) is 10.5. The Hall–Kier alpha value is -1.52. The van der Waals surface area contributed by atoms with E-state index in [0.29, 0.717) is 32.5 Å². The van der Waals surface area contributed by atoms with Crippen LogP contribution in [0.25, 0.3) is 5.69 Å². The van der Waals surface area contributed by atoms with Gasteiger partial charge >= 0.3 is 0 Å². The summed E-state index contributed by atoms with van der Waals surface area (Å²) in [5.41, 5.74) is 1.71. The predicted octanol–water partition coefficient (Wildman–Crippen LogP) is 5.32. The normalized spacial score (nSPS) is 19.0. The molecule has 0 N–H and O–H groups in total. The third-order valence-electron chi connectivity index (χ3n) is 6.41. The van der Waals surface area contributed by atoms with Crippen molar-refractivity contribution in [3.63, 3.8) is 0 Å². The number of hydrogen-bond acceptors (Lipinski definition) is 3. The van der Waals surface area contributed by atoms with Crippen molar-refractivity contribution < 1.29 is 0 Å². The summed E-state index contributed by atoms with van der Waals surface area (Å²) in [7, 11) is 0. The smallest absolute Gasteiger partial charge is 0.263 e. The Morgan fingerprint density at radius 1 is 1.04 bits per heavy atom. The highest BCUT2D eigenvalue weighted by Gasteiger charge is 2.37. The molecule has 2 aliphatic rings. The molecule has 0 unspecified atom stereocenters. The number of anilines is 1. The van der Waals surface area contributed by atoms with Gasteiger partial charge in [-0.3, -0.25) is 9.36 Å². The van der Waals surface area contributed by atoms with Crippen molar-refractivity contribution in [1.82, 2.24) is 9.55 Å². The number of halogens is 2. The number of rotatable bonds is 2. The Bertz CT molecular complexity index is 922. The van der Waals surface area contributed by atoms with Crippen molar-refractivity contribution in [3.8, 4) is 5.69 Å². The molecule has 1 spiro atoms. The topological polar surface area (TPSA) is 38.1 Å². The zero-order chi connectivity index (χ0) is 19.2. The summed E-state index contributed by atoms with van der Waals surface area (Å²) in [6.45, 7) is 5.67. The number of aromatic nitrogens is 2. The summed E-state index contributed by atoms with van der Waals surface area (Å²) in [4.78, 5) is 20.3. The Morgan fingerprint density at radius 3 is 2.37 bits per heavy atom. The van der Waals surface area contributed by atoms with E-state index in [-0.39, 0.29) is 5.56 Å². The standard InChI is InChI=1S/C21H25Cl2N3O/c1-14-19(25-12-10-21(11-13-25)8-3-4-9-21)24-15(2)26(20(14)27)17-7-5-6-16(22)18(17)23/h5-7H,3-4,8-13H2,1-2H3. The predicted molar refractivity (Wildman–Crippen MR) is 112 cm³/mol. The number of hydrogen-bond donors (Lipinski definition) is 0. The van der Waals surface area contributed by atoms with Crippen molar-refractivity contribution in [3.05, 3.63) is 50.0 Å². The van der Waals surface area contributed by atoms with E-state index in [0.717, 1.165) is 18.9 Å². The van der Waals surface area contributed by atoms with Crippen LogP contribution in [0.4, 0.5) is 5.82 Å². The SMILES string of the molecule is Cc1c(N2CCC3(CCCC3)CC2)nc(C)n(-c2cccc(Cl)c2Cl)c1=O. The monoisotopic (exact) mass is 405 g/mol. The quantitative estimate of drug-likeness (QED) is 0.678. The maximum Gasteiger partial charge on any atom is 0.263 e. The van der Waals surface area contributed by atoms with Crippen LogP contribution in [0.3, 0.4) is 0 Å². The molecule has 4 nitrogen and oxygen atoms in total. The molecular weight excluding hydrogens is 381 g/mol. The van der Waals surface area contributed by atoms with Crippen LogP contribution in [0.15, 0.2) is 23.0 Å². The Balaban J connectivity index is 1.69. The van der Waals surface area contributed by atoms with E-state index in [9.17, 15) is 4.79 Å². The minimum Gasteiger partial charge on any atom is -0.356 e. The fraction of sp³-hybridized carbons (Fsp3) is 0.524.